The van der Waals surface area contributed by atoms with Crippen LogP contribution in [0.5, 0.6) is 0 Å². The van der Waals surface area contributed by atoms with E-state index in [9.17, 15) is 13.2 Å². The standard InChI is InChI=1S/C18H12Cl2N2O3S/c19-15-6-5-14(9-16(15)26(21,24)25)18(23)12-3-1-11(2-4-12)13-7-8-22-17(20)10-13/h1-10H,(H2,21,24,25). The van der Waals surface area contributed by atoms with E-state index < -0.39 is 10.0 Å². The molecule has 0 atom stereocenters. The van der Waals surface area contributed by atoms with Crippen molar-refractivity contribution in [1.82, 2.24) is 4.98 Å². The van der Waals surface area contributed by atoms with Crippen molar-refractivity contribution in [3.63, 3.8) is 0 Å². The maximum atomic E-state index is 12.6. The minimum atomic E-state index is -4.02. The number of halogens is 2. The van der Waals surface area contributed by atoms with E-state index in [4.69, 9.17) is 28.3 Å². The van der Waals surface area contributed by atoms with Gasteiger partial charge in [-0.15, -0.1) is 0 Å². The second-order valence-electron chi connectivity index (χ2n) is 5.46. The molecule has 1 aromatic heterocycles. The van der Waals surface area contributed by atoms with Crippen molar-refractivity contribution in [3.8, 4) is 11.1 Å². The first-order valence-electron chi connectivity index (χ1n) is 7.35. The Labute approximate surface area is 160 Å². The lowest BCUT2D eigenvalue weighted by molar-refractivity contribution is 0.103. The predicted octanol–water partition coefficient (Wildman–Crippen LogP) is 3.93. The number of benzene rings is 2. The number of primary sulfonamides is 1. The van der Waals surface area contributed by atoms with E-state index in [1.165, 1.54) is 18.2 Å². The Morgan fingerprint density at radius 1 is 0.885 bits per heavy atom. The van der Waals surface area contributed by atoms with Gasteiger partial charge in [0.05, 0.1) is 5.02 Å². The van der Waals surface area contributed by atoms with Gasteiger partial charge in [0.25, 0.3) is 0 Å². The fraction of sp³-hybridized carbons (Fsp3) is 0. The van der Waals surface area contributed by atoms with Crippen molar-refractivity contribution in [3.05, 3.63) is 82.1 Å². The molecule has 0 radical (unpaired) electrons. The maximum Gasteiger partial charge on any atom is 0.239 e. The van der Waals surface area contributed by atoms with Crippen LogP contribution in [-0.2, 0) is 10.0 Å². The van der Waals surface area contributed by atoms with Gasteiger partial charge < -0.3 is 0 Å². The first-order valence-corrected chi connectivity index (χ1v) is 9.65. The molecule has 0 unspecified atom stereocenters. The Morgan fingerprint density at radius 2 is 1.54 bits per heavy atom. The van der Waals surface area contributed by atoms with Gasteiger partial charge in [0, 0.05) is 17.3 Å². The summed E-state index contributed by atoms with van der Waals surface area (Å²) in [5.74, 6) is -0.342. The third kappa shape index (κ3) is 3.94. The summed E-state index contributed by atoms with van der Waals surface area (Å²) >= 11 is 11.7. The van der Waals surface area contributed by atoms with Crippen LogP contribution in [0.1, 0.15) is 15.9 Å². The quantitative estimate of drug-likeness (QED) is 0.524. The number of nitrogens with two attached hydrogens (primary N) is 1. The second-order valence-corrected chi connectivity index (χ2v) is 7.79. The van der Waals surface area contributed by atoms with E-state index in [1.54, 1.807) is 42.6 Å². The smallest absolute Gasteiger partial charge is 0.239 e. The van der Waals surface area contributed by atoms with Gasteiger partial charge in [-0.25, -0.2) is 18.5 Å². The molecule has 0 fully saturated rings. The number of rotatable bonds is 4. The Balaban J connectivity index is 1.94. The first kappa shape index (κ1) is 18.5. The summed E-state index contributed by atoms with van der Waals surface area (Å²) in [6, 6.07) is 14.3. The third-order valence-corrected chi connectivity index (χ3v) is 5.31. The molecular weight excluding hydrogens is 395 g/mol. The van der Waals surface area contributed by atoms with E-state index in [0.29, 0.717) is 10.7 Å². The average Bonchev–Trinajstić information content (AvgIpc) is 2.61. The Bertz CT molecular complexity index is 1100. The third-order valence-electron chi connectivity index (χ3n) is 3.71. The lowest BCUT2D eigenvalue weighted by Crippen LogP contribution is -2.14. The van der Waals surface area contributed by atoms with E-state index >= 15 is 0 Å². The normalized spacial score (nSPS) is 11.3. The van der Waals surface area contributed by atoms with Crippen molar-refractivity contribution < 1.29 is 13.2 Å². The summed E-state index contributed by atoms with van der Waals surface area (Å²) in [4.78, 5) is 16.3. The molecule has 1 heterocycles. The molecule has 2 N–H and O–H groups in total. The minimum absolute atomic E-state index is 0.0334. The second kappa shape index (κ2) is 7.17. The van der Waals surface area contributed by atoms with Gasteiger partial charge in [-0.3, -0.25) is 4.79 Å². The predicted molar refractivity (Wildman–Crippen MR) is 101 cm³/mol. The Hall–Kier alpha value is -2.25. The highest BCUT2D eigenvalue weighted by Crippen LogP contribution is 2.25. The molecule has 2 aromatic carbocycles. The number of hydrogen-bond acceptors (Lipinski definition) is 4. The van der Waals surface area contributed by atoms with Crippen molar-refractivity contribution >= 4 is 39.0 Å². The van der Waals surface area contributed by atoms with Crippen LogP contribution in [0.25, 0.3) is 11.1 Å². The van der Waals surface area contributed by atoms with Crippen molar-refractivity contribution in [2.45, 2.75) is 4.90 Å². The largest absolute Gasteiger partial charge is 0.289 e. The maximum absolute atomic E-state index is 12.6. The van der Waals surface area contributed by atoms with Crippen molar-refractivity contribution in [1.29, 1.82) is 0 Å². The molecule has 0 aliphatic rings. The molecular formula is C18H12Cl2N2O3S. The van der Waals surface area contributed by atoms with Crippen LogP contribution in [0.2, 0.25) is 10.2 Å². The fourth-order valence-electron chi connectivity index (χ4n) is 2.43. The molecule has 0 amide bonds. The number of ketones is 1. The SMILES string of the molecule is NS(=O)(=O)c1cc(C(=O)c2ccc(-c3ccnc(Cl)c3)cc2)ccc1Cl. The lowest BCUT2D eigenvalue weighted by Gasteiger charge is -2.07. The monoisotopic (exact) mass is 406 g/mol. The number of nitrogens with zero attached hydrogens (tertiary/aromatic N) is 1. The number of sulfonamides is 1. The molecule has 0 spiro atoms. The van der Waals surface area contributed by atoms with Crippen LogP contribution in [0, 0.1) is 0 Å². The highest BCUT2D eigenvalue weighted by atomic mass is 35.5. The van der Waals surface area contributed by atoms with E-state index in [-0.39, 0.29) is 21.3 Å². The van der Waals surface area contributed by atoms with Crippen LogP contribution in [0.4, 0.5) is 0 Å². The van der Waals surface area contributed by atoms with E-state index in [2.05, 4.69) is 4.98 Å². The van der Waals surface area contributed by atoms with Crippen LogP contribution < -0.4 is 5.14 Å². The lowest BCUT2D eigenvalue weighted by atomic mass is 10.00. The molecule has 0 saturated heterocycles. The topological polar surface area (TPSA) is 90.1 Å². The zero-order chi connectivity index (χ0) is 18.9. The highest BCUT2D eigenvalue weighted by molar-refractivity contribution is 7.89. The van der Waals surface area contributed by atoms with Gasteiger partial charge in [0.2, 0.25) is 10.0 Å². The molecule has 132 valence electrons. The van der Waals surface area contributed by atoms with Crippen molar-refractivity contribution in [2.24, 2.45) is 5.14 Å². The average molecular weight is 407 g/mol. The molecule has 0 aliphatic carbocycles. The molecule has 0 aliphatic heterocycles. The van der Waals surface area contributed by atoms with Gasteiger partial charge >= 0.3 is 0 Å². The summed E-state index contributed by atoms with van der Waals surface area (Å²) in [5.41, 5.74) is 2.31. The van der Waals surface area contributed by atoms with Gasteiger partial charge in [0.15, 0.2) is 5.78 Å². The highest BCUT2D eigenvalue weighted by Gasteiger charge is 2.17. The van der Waals surface area contributed by atoms with Crippen LogP contribution in [-0.4, -0.2) is 19.2 Å². The summed E-state index contributed by atoms with van der Waals surface area (Å²) in [6.07, 6.45) is 1.60. The van der Waals surface area contributed by atoms with E-state index in [0.717, 1.165) is 11.1 Å². The first-order chi connectivity index (χ1) is 12.3. The van der Waals surface area contributed by atoms with Gasteiger partial charge in [0.1, 0.15) is 10.0 Å². The molecule has 3 rings (SSSR count). The van der Waals surface area contributed by atoms with Gasteiger partial charge in [-0.2, -0.15) is 0 Å². The van der Waals surface area contributed by atoms with Crippen LogP contribution in [0.15, 0.2) is 65.7 Å². The number of aromatic nitrogens is 1. The zero-order valence-corrected chi connectivity index (χ0v) is 15.5. The van der Waals surface area contributed by atoms with Crippen LogP contribution in [0.3, 0.4) is 0 Å². The Morgan fingerprint density at radius 3 is 2.15 bits per heavy atom. The summed E-state index contributed by atoms with van der Waals surface area (Å²) < 4.78 is 23.1. The molecule has 8 heteroatoms. The Kier molecular flexibility index (Phi) is 5.11. The fourth-order valence-corrected chi connectivity index (χ4v) is 3.67. The molecule has 5 nitrogen and oxygen atoms in total. The molecule has 3 aromatic rings. The number of carbonyl (C=O) groups is 1. The summed E-state index contributed by atoms with van der Waals surface area (Å²) in [7, 11) is -4.02. The van der Waals surface area contributed by atoms with Gasteiger partial charge in [-0.1, -0.05) is 47.5 Å². The molecule has 26 heavy (non-hydrogen) atoms. The van der Waals surface area contributed by atoms with Gasteiger partial charge in [-0.05, 0) is 41.5 Å². The number of carbonyl (C=O) groups excluding carboxylic acids is 1. The molecule has 0 bridgehead atoms. The summed E-state index contributed by atoms with van der Waals surface area (Å²) in [5, 5.41) is 5.46. The van der Waals surface area contributed by atoms with Crippen molar-refractivity contribution in [2.75, 3.05) is 0 Å². The molecule has 0 saturated carbocycles. The number of hydrogen-bond donors (Lipinski definition) is 1. The number of pyridine rings is 1. The van der Waals surface area contributed by atoms with E-state index in [1.807, 2.05) is 0 Å². The van der Waals surface area contributed by atoms with Crippen LogP contribution >= 0.6 is 23.2 Å². The zero-order valence-electron chi connectivity index (χ0n) is 13.2. The summed E-state index contributed by atoms with van der Waals surface area (Å²) in [6.45, 7) is 0. The minimum Gasteiger partial charge on any atom is -0.289 e.